The van der Waals surface area contributed by atoms with Gasteiger partial charge in [-0.2, -0.15) is 22.2 Å². The number of alkyl halides is 3. The Balaban J connectivity index is 1.40. The quantitative estimate of drug-likeness (QED) is 0.435. The molecule has 0 radical (unpaired) electrons. The predicted octanol–water partition coefficient (Wildman–Crippen LogP) is 2.74. The van der Waals surface area contributed by atoms with Crippen molar-refractivity contribution in [2.45, 2.75) is 11.1 Å². The van der Waals surface area contributed by atoms with Crippen LogP contribution < -0.4 is 4.90 Å². The second-order valence-corrected chi connectivity index (χ2v) is 9.50. The molecule has 1 aliphatic heterocycles. The summed E-state index contributed by atoms with van der Waals surface area (Å²) in [5.41, 5.74) is 0.539. The number of benzene rings is 2. The third-order valence-electron chi connectivity index (χ3n) is 5.57. The highest BCUT2D eigenvalue weighted by molar-refractivity contribution is 7.89. The Morgan fingerprint density at radius 2 is 1.53 bits per heavy atom. The Morgan fingerprint density at radius 3 is 2.24 bits per heavy atom. The zero-order chi connectivity index (χ0) is 23.9. The molecule has 13 heteroatoms. The van der Waals surface area contributed by atoms with E-state index in [0.717, 1.165) is 22.1 Å². The van der Waals surface area contributed by atoms with Crippen LogP contribution in [0.2, 0.25) is 0 Å². The number of piperazine rings is 1. The van der Waals surface area contributed by atoms with E-state index in [4.69, 9.17) is 0 Å². The van der Waals surface area contributed by atoms with Crippen LogP contribution in [0.15, 0.2) is 65.8 Å². The van der Waals surface area contributed by atoms with E-state index in [-0.39, 0.29) is 26.2 Å². The molecule has 9 nitrogen and oxygen atoms in total. The molecule has 176 valence electrons. The van der Waals surface area contributed by atoms with Gasteiger partial charge in [-0.15, -0.1) is 5.10 Å². The topological polar surface area (TPSA) is 97.1 Å². The van der Waals surface area contributed by atoms with Gasteiger partial charge in [0, 0.05) is 26.2 Å². The smallest absolute Gasteiger partial charge is 0.352 e. The van der Waals surface area contributed by atoms with Crippen molar-refractivity contribution in [2.24, 2.45) is 0 Å². The zero-order valence-corrected chi connectivity index (χ0v) is 18.4. The maximum Gasteiger partial charge on any atom is 0.417 e. The largest absolute Gasteiger partial charge is 0.417 e. The predicted molar refractivity (Wildman–Crippen MR) is 117 cm³/mol. The van der Waals surface area contributed by atoms with Crippen LogP contribution in [0.4, 0.5) is 19.0 Å². The number of anilines is 1. The van der Waals surface area contributed by atoms with Crippen molar-refractivity contribution in [3.8, 4) is 5.69 Å². The van der Waals surface area contributed by atoms with Gasteiger partial charge in [0.05, 0.1) is 16.1 Å². The summed E-state index contributed by atoms with van der Waals surface area (Å²) in [4.78, 5) is 9.68. The number of hydrogen-bond donors (Lipinski definition) is 0. The van der Waals surface area contributed by atoms with Gasteiger partial charge in [0.2, 0.25) is 10.0 Å². The van der Waals surface area contributed by atoms with Crippen molar-refractivity contribution >= 4 is 27.0 Å². The lowest BCUT2D eigenvalue weighted by Gasteiger charge is -2.34. The van der Waals surface area contributed by atoms with E-state index < -0.39 is 26.7 Å². The van der Waals surface area contributed by atoms with Gasteiger partial charge in [0.25, 0.3) is 0 Å². The number of nitrogens with zero attached hydrogens (tertiary/aromatic N) is 7. The third kappa shape index (κ3) is 3.86. The van der Waals surface area contributed by atoms with Crippen LogP contribution in [0.25, 0.3) is 16.9 Å². The Morgan fingerprint density at radius 1 is 0.853 bits per heavy atom. The van der Waals surface area contributed by atoms with Crippen LogP contribution in [0, 0.1) is 0 Å². The highest BCUT2D eigenvalue weighted by Gasteiger charge is 2.39. The normalized spacial score (nSPS) is 15.7. The first kappa shape index (κ1) is 22.2. The van der Waals surface area contributed by atoms with Gasteiger partial charge >= 0.3 is 6.18 Å². The van der Waals surface area contributed by atoms with Gasteiger partial charge in [0.15, 0.2) is 17.0 Å². The van der Waals surface area contributed by atoms with Crippen LogP contribution in [-0.2, 0) is 16.2 Å². The summed E-state index contributed by atoms with van der Waals surface area (Å²) in [6.07, 6.45) is -3.40. The van der Waals surface area contributed by atoms with E-state index in [0.29, 0.717) is 17.0 Å². The monoisotopic (exact) mass is 489 g/mol. The molecule has 34 heavy (non-hydrogen) atoms. The van der Waals surface area contributed by atoms with E-state index in [2.05, 4.69) is 20.3 Å². The molecule has 0 bridgehead atoms. The second kappa shape index (κ2) is 8.33. The fourth-order valence-electron chi connectivity index (χ4n) is 3.92. The Kier molecular flexibility index (Phi) is 5.44. The number of aromatic nitrogens is 5. The van der Waals surface area contributed by atoms with Gasteiger partial charge in [-0.05, 0) is 24.3 Å². The first-order valence-electron chi connectivity index (χ1n) is 10.3. The zero-order valence-electron chi connectivity index (χ0n) is 17.6. The molecule has 1 aliphatic rings. The van der Waals surface area contributed by atoms with E-state index >= 15 is 0 Å². The van der Waals surface area contributed by atoms with Gasteiger partial charge in [-0.3, -0.25) is 0 Å². The molecule has 0 saturated carbocycles. The summed E-state index contributed by atoms with van der Waals surface area (Å²) >= 11 is 0. The van der Waals surface area contributed by atoms with Gasteiger partial charge in [-0.25, -0.2) is 18.4 Å². The minimum absolute atomic E-state index is 0.00710. The lowest BCUT2D eigenvalue weighted by molar-refractivity contribution is -0.139. The summed E-state index contributed by atoms with van der Waals surface area (Å²) in [5, 5.41) is 8.39. The molecule has 0 amide bonds. The van der Waals surface area contributed by atoms with Gasteiger partial charge in [0.1, 0.15) is 6.33 Å². The molecule has 0 N–H and O–H groups in total. The third-order valence-corrected chi connectivity index (χ3v) is 7.52. The number of para-hydroxylation sites is 1. The molecule has 0 spiro atoms. The average Bonchev–Trinajstić information content (AvgIpc) is 3.28. The maximum absolute atomic E-state index is 13.4. The number of halogens is 3. The van der Waals surface area contributed by atoms with E-state index in [1.54, 1.807) is 4.68 Å². The maximum atomic E-state index is 13.4. The molecule has 0 atom stereocenters. The minimum Gasteiger partial charge on any atom is -0.352 e. The summed E-state index contributed by atoms with van der Waals surface area (Å²) in [5.74, 6) is 0.486. The fraction of sp³-hybridized carbons (Fsp3) is 0.238. The van der Waals surface area contributed by atoms with Crippen LogP contribution in [-0.4, -0.2) is 63.9 Å². The standard InChI is InChI=1S/C21H18F3N7O2S/c22-21(23,24)16-8-4-5-9-17(16)34(32,33)30-12-10-29(11-13-30)19-18-20(26-14-25-19)31(28-27-18)15-6-2-1-3-7-15/h1-9,14H,10-13H2. The van der Waals surface area contributed by atoms with Gasteiger partial charge < -0.3 is 4.90 Å². The molecule has 4 aromatic rings. The number of hydrogen-bond acceptors (Lipinski definition) is 7. The van der Waals surface area contributed by atoms with Crippen molar-refractivity contribution < 1.29 is 21.6 Å². The highest BCUT2D eigenvalue weighted by Crippen LogP contribution is 2.35. The van der Waals surface area contributed by atoms with Crippen molar-refractivity contribution in [1.29, 1.82) is 0 Å². The highest BCUT2D eigenvalue weighted by atomic mass is 32.2. The molecule has 0 unspecified atom stereocenters. The van der Waals surface area contributed by atoms with Crippen molar-refractivity contribution in [3.05, 3.63) is 66.5 Å². The molecule has 1 fully saturated rings. The Bertz CT molecular complexity index is 1430. The molecule has 5 rings (SSSR count). The van der Waals surface area contributed by atoms with Crippen LogP contribution in [0.1, 0.15) is 5.56 Å². The molecule has 3 heterocycles. The average molecular weight is 489 g/mol. The molecule has 2 aromatic carbocycles. The second-order valence-electron chi connectivity index (χ2n) is 7.59. The summed E-state index contributed by atoms with van der Waals surface area (Å²) < 4.78 is 68.8. The lowest BCUT2D eigenvalue weighted by atomic mass is 10.2. The van der Waals surface area contributed by atoms with Crippen LogP contribution in [0.5, 0.6) is 0 Å². The lowest BCUT2D eigenvalue weighted by Crippen LogP contribution is -2.49. The van der Waals surface area contributed by atoms with E-state index in [1.165, 1.54) is 18.5 Å². The Labute approximate surface area is 192 Å². The first-order valence-corrected chi connectivity index (χ1v) is 11.7. The fourth-order valence-corrected chi connectivity index (χ4v) is 5.55. The molecule has 2 aromatic heterocycles. The SMILES string of the molecule is O=S(=O)(c1ccccc1C(F)(F)F)N1CCN(c2ncnc3c2nnn3-c2ccccc2)CC1. The molecule has 0 aliphatic carbocycles. The van der Waals surface area contributed by atoms with Crippen molar-refractivity contribution in [1.82, 2.24) is 29.3 Å². The summed E-state index contributed by atoms with van der Waals surface area (Å²) in [6, 6.07) is 13.5. The van der Waals surface area contributed by atoms with E-state index in [9.17, 15) is 21.6 Å². The van der Waals surface area contributed by atoms with Crippen LogP contribution >= 0.6 is 0 Å². The summed E-state index contributed by atoms with van der Waals surface area (Å²) in [6.45, 7) is 0.426. The number of fused-ring (bicyclic) bond motifs is 1. The van der Waals surface area contributed by atoms with Gasteiger partial charge in [-0.1, -0.05) is 35.5 Å². The molecule has 1 saturated heterocycles. The minimum atomic E-state index is -4.78. The summed E-state index contributed by atoms with van der Waals surface area (Å²) in [7, 11) is -4.33. The number of rotatable bonds is 4. The molecular weight excluding hydrogens is 471 g/mol. The first-order chi connectivity index (χ1) is 16.3. The van der Waals surface area contributed by atoms with E-state index in [1.807, 2.05) is 35.2 Å². The van der Waals surface area contributed by atoms with Crippen molar-refractivity contribution in [3.63, 3.8) is 0 Å². The van der Waals surface area contributed by atoms with Crippen LogP contribution in [0.3, 0.4) is 0 Å². The Hall–Kier alpha value is -3.58. The number of sulfonamides is 1. The molecular formula is C21H18F3N7O2S. The van der Waals surface area contributed by atoms with Crippen molar-refractivity contribution in [2.75, 3.05) is 31.1 Å².